The summed E-state index contributed by atoms with van der Waals surface area (Å²) in [6.07, 6.45) is 4.51. The van der Waals surface area contributed by atoms with Crippen LogP contribution in [-0.4, -0.2) is 35.7 Å². The van der Waals surface area contributed by atoms with E-state index < -0.39 is 0 Å². The lowest BCUT2D eigenvalue weighted by Gasteiger charge is -2.09. The predicted molar refractivity (Wildman–Crippen MR) is 86.4 cm³/mol. The van der Waals surface area contributed by atoms with E-state index in [-0.39, 0.29) is 18.3 Å². The van der Waals surface area contributed by atoms with Crippen LogP contribution in [0.4, 0.5) is 0 Å². The van der Waals surface area contributed by atoms with Crippen LogP contribution in [0.2, 0.25) is 0 Å². The average Bonchev–Trinajstić information content (AvgIpc) is 3.15. The third kappa shape index (κ3) is 3.56. The first-order chi connectivity index (χ1) is 10.3. The van der Waals surface area contributed by atoms with Crippen molar-refractivity contribution in [2.24, 2.45) is 5.92 Å². The Morgan fingerprint density at radius 1 is 1.55 bits per heavy atom. The van der Waals surface area contributed by atoms with Crippen LogP contribution in [0.1, 0.15) is 35.8 Å². The average molecular weight is 325 g/mol. The van der Waals surface area contributed by atoms with Crippen LogP contribution in [0.25, 0.3) is 11.1 Å². The highest BCUT2D eigenvalue weighted by molar-refractivity contribution is 5.96. The fraction of sp³-hybridized carbons (Fsp3) is 0.533. The van der Waals surface area contributed by atoms with E-state index in [1.54, 1.807) is 6.20 Å². The zero-order chi connectivity index (χ0) is 14.7. The van der Waals surface area contributed by atoms with Crippen molar-refractivity contribution in [1.82, 2.24) is 20.8 Å². The summed E-state index contributed by atoms with van der Waals surface area (Å²) in [6, 6.07) is 1.81. The molecule has 0 radical (unpaired) electrons. The first-order valence-electron chi connectivity index (χ1n) is 7.51. The Kier molecular flexibility index (Phi) is 5.74. The Labute approximate surface area is 135 Å². The molecule has 1 amide bonds. The van der Waals surface area contributed by atoms with Gasteiger partial charge in [-0.1, -0.05) is 12.1 Å². The van der Waals surface area contributed by atoms with Gasteiger partial charge < -0.3 is 15.2 Å². The number of hydrogen-bond acceptors (Lipinski definition) is 5. The third-order valence-corrected chi connectivity index (χ3v) is 4.00. The monoisotopic (exact) mass is 324 g/mol. The molecular formula is C15H21ClN4O2. The minimum atomic E-state index is -0.0846. The molecule has 0 aromatic carbocycles. The molecule has 1 fully saturated rings. The molecule has 1 unspecified atom stereocenters. The summed E-state index contributed by atoms with van der Waals surface area (Å²) in [5, 5.41) is 11.1. The van der Waals surface area contributed by atoms with Crippen LogP contribution in [0.5, 0.6) is 0 Å². The number of rotatable bonds is 5. The van der Waals surface area contributed by atoms with Gasteiger partial charge in [0.1, 0.15) is 0 Å². The van der Waals surface area contributed by atoms with Crippen molar-refractivity contribution in [2.45, 2.75) is 26.2 Å². The maximum atomic E-state index is 12.2. The number of pyridine rings is 1. The molecular weight excluding hydrogens is 304 g/mol. The van der Waals surface area contributed by atoms with E-state index in [1.165, 1.54) is 6.42 Å². The fourth-order valence-electron chi connectivity index (χ4n) is 2.71. The van der Waals surface area contributed by atoms with E-state index in [1.807, 2.05) is 13.0 Å². The van der Waals surface area contributed by atoms with Gasteiger partial charge in [0.25, 0.3) is 11.6 Å². The minimum Gasteiger partial charge on any atom is -0.352 e. The highest BCUT2D eigenvalue weighted by atomic mass is 35.5. The molecule has 1 aliphatic rings. The molecule has 2 aromatic heterocycles. The summed E-state index contributed by atoms with van der Waals surface area (Å²) >= 11 is 0. The van der Waals surface area contributed by atoms with Gasteiger partial charge in [-0.3, -0.25) is 4.79 Å². The molecule has 3 rings (SSSR count). The largest absolute Gasteiger partial charge is 0.352 e. The lowest BCUT2D eigenvalue weighted by Crippen LogP contribution is -2.26. The number of carbonyl (C=O) groups excluding carboxylic acids is 1. The Morgan fingerprint density at radius 2 is 2.41 bits per heavy atom. The Hall–Kier alpha value is -1.66. The van der Waals surface area contributed by atoms with E-state index in [9.17, 15) is 4.79 Å². The van der Waals surface area contributed by atoms with Gasteiger partial charge in [-0.05, 0) is 44.3 Å². The lowest BCUT2D eigenvalue weighted by atomic mass is 10.1. The molecule has 1 aliphatic heterocycles. The molecule has 2 N–H and O–H groups in total. The van der Waals surface area contributed by atoms with Crippen molar-refractivity contribution < 1.29 is 9.32 Å². The Bertz CT molecular complexity index is 638. The van der Waals surface area contributed by atoms with E-state index in [2.05, 4.69) is 20.8 Å². The summed E-state index contributed by atoms with van der Waals surface area (Å²) in [5.41, 5.74) is 1.88. The third-order valence-electron chi connectivity index (χ3n) is 4.00. The SMILES string of the molecule is CCc1noc2ncc(C(=O)NCCC3CCNC3)cc12.Cl. The maximum absolute atomic E-state index is 12.2. The molecule has 0 bridgehead atoms. The van der Waals surface area contributed by atoms with Crippen LogP contribution >= 0.6 is 12.4 Å². The van der Waals surface area contributed by atoms with Crippen LogP contribution in [0.15, 0.2) is 16.8 Å². The van der Waals surface area contributed by atoms with E-state index in [4.69, 9.17) is 4.52 Å². The summed E-state index contributed by atoms with van der Waals surface area (Å²) in [6.45, 7) is 4.85. The number of halogens is 1. The number of nitrogens with zero attached hydrogens (tertiary/aromatic N) is 2. The number of amides is 1. The minimum absolute atomic E-state index is 0. The predicted octanol–water partition coefficient (Wildman–Crippen LogP) is 1.94. The molecule has 3 heterocycles. The first-order valence-corrected chi connectivity index (χ1v) is 7.51. The van der Waals surface area contributed by atoms with Crippen LogP contribution in [0.3, 0.4) is 0 Å². The standard InChI is InChI=1S/C15H20N4O2.ClH/c1-2-13-12-7-11(9-18-15(12)21-19-13)14(20)17-6-4-10-3-5-16-8-10;/h7,9-10,16H,2-6,8H2,1H3,(H,17,20);1H. The van der Waals surface area contributed by atoms with Crippen LogP contribution in [-0.2, 0) is 6.42 Å². The van der Waals surface area contributed by atoms with Gasteiger partial charge in [0.15, 0.2) is 0 Å². The van der Waals surface area contributed by atoms with E-state index in [0.717, 1.165) is 37.0 Å². The zero-order valence-electron chi connectivity index (χ0n) is 12.6. The van der Waals surface area contributed by atoms with Crippen molar-refractivity contribution in [3.05, 3.63) is 23.5 Å². The highest BCUT2D eigenvalue weighted by Crippen LogP contribution is 2.18. The van der Waals surface area contributed by atoms with Gasteiger partial charge in [-0.2, -0.15) is 0 Å². The Morgan fingerprint density at radius 3 is 3.14 bits per heavy atom. The Balaban J connectivity index is 0.00000176. The molecule has 0 saturated carbocycles. The maximum Gasteiger partial charge on any atom is 0.257 e. The van der Waals surface area contributed by atoms with Gasteiger partial charge in [-0.15, -0.1) is 12.4 Å². The number of nitrogens with one attached hydrogen (secondary N) is 2. The lowest BCUT2D eigenvalue weighted by molar-refractivity contribution is 0.0951. The second kappa shape index (κ2) is 7.56. The van der Waals surface area contributed by atoms with Crippen molar-refractivity contribution >= 4 is 29.4 Å². The number of hydrogen-bond donors (Lipinski definition) is 2. The van der Waals surface area contributed by atoms with E-state index >= 15 is 0 Å². The highest BCUT2D eigenvalue weighted by Gasteiger charge is 2.15. The van der Waals surface area contributed by atoms with Crippen molar-refractivity contribution in [2.75, 3.05) is 19.6 Å². The van der Waals surface area contributed by atoms with Crippen molar-refractivity contribution in [1.29, 1.82) is 0 Å². The molecule has 120 valence electrons. The fourth-order valence-corrected chi connectivity index (χ4v) is 2.71. The van der Waals surface area contributed by atoms with Crippen LogP contribution < -0.4 is 10.6 Å². The zero-order valence-corrected chi connectivity index (χ0v) is 13.4. The molecule has 1 atom stereocenters. The number of fused-ring (bicyclic) bond motifs is 1. The van der Waals surface area contributed by atoms with Crippen molar-refractivity contribution in [3.63, 3.8) is 0 Å². The smallest absolute Gasteiger partial charge is 0.257 e. The number of aryl methyl sites for hydroxylation is 1. The summed E-state index contributed by atoms with van der Waals surface area (Å²) in [5.74, 6) is 0.592. The molecule has 2 aromatic rings. The van der Waals surface area contributed by atoms with Crippen LogP contribution in [0, 0.1) is 5.92 Å². The van der Waals surface area contributed by atoms with Gasteiger partial charge in [0.2, 0.25) is 0 Å². The molecule has 0 spiro atoms. The van der Waals surface area contributed by atoms with Gasteiger partial charge >= 0.3 is 0 Å². The first kappa shape index (κ1) is 16.7. The summed E-state index contributed by atoms with van der Waals surface area (Å²) < 4.78 is 5.12. The van der Waals surface area contributed by atoms with Gasteiger partial charge in [0.05, 0.1) is 16.6 Å². The van der Waals surface area contributed by atoms with E-state index in [0.29, 0.717) is 23.7 Å². The van der Waals surface area contributed by atoms with Gasteiger partial charge in [-0.25, -0.2) is 4.98 Å². The molecule has 22 heavy (non-hydrogen) atoms. The summed E-state index contributed by atoms with van der Waals surface area (Å²) in [7, 11) is 0. The molecule has 6 nitrogen and oxygen atoms in total. The quantitative estimate of drug-likeness (QED) is 0.878. The topological polar surface area (TPSA) is 80.0 Å². The van der Waals surface area contributed by atoms with Crippen molar-refractivity contribution in [3.8, 4) is 0 Å². The second-order valence-electron chi connectivity index (χ2n) is 5.46. The molecule has 0 aliphatic carbocycles. The van der Waals surface area contributed by atoms with Gasteiger partial charge in [0, 0.05) is 12.7 Å². The normalized spacial score (nSPS) is 17.4. The molecule has 7 heteroatoms. The second-order valence-corrected chi connectivity index (χ2v) is 5.46. The molecule has 1 saturated heterocycles. The number of carbonyl (C=O) groups is 1. The summed E-state index contributed by atoms with van der Waals surface area (Å²) in [4.78, 5) is 16.3. The number of aromatic nitrogens is 2.